The van der Waals surface area contributed by atoms with Crippen LogP contribution in [-0.4, -0.2) is 79.7 Å². The lowest BCUT2D eigenvalue weighted by atomic mass is 9.87. The van der Waals surface area contributed by atoms with E-state index in [0.717, 1.165) is 55.1 Å². The zero-order chi connectivity index (χ0) is 34.8. The molecule has 4 atom stereocenters. The van der Waals surface area contributed by atoms with Gasteiger partial charge in [-0.2, -0.15) is 10.2 Å². The van der Waals surface area contributed by atoms with Crippen molar-refractivity contribution in [2.75, 3.05) is 49.2 Å². The number of aliphatic hydroxyl groups excluding tert-OH is 1. The normalized spacial score (nSPS) is 20.6. The molecule has 2 aromatic heterocycles. The van der Waals surface area contributed by atoms with Crippen LogP contribution in [0, 0.1) is 17.6 Å². The fraction of sp³-hybridized carbons (Fsp3) is 0.389. The van der Waals surface area contributed by atoms with Crippen molar-refractivity contribution in [1.82, 2.24) is 29.1 Å². The van der Waals surface area contributed by atoms with Gasteiger partial charge in [0.2, 0.25) is 0 Å². The van der Waals surface area contributed by atoms with Crippen molar-refractivity contribution in [1.29, 1.82) is 0 Å². The van der Waals surface area contributed by atoms with Gasteiger partial charge in [0, 0.05) is 55.1 Å². The average molecular weight is 687 g/mol. The van der Waals surface area contributed by atoms with Crippen LogP contribution in [0.25, 0.3) is 5.69 Å². The molecule has 2 saturated heterocycles. The van der Waals surface area contributed by atoms with Gasteiger partial charge in [-0.3, -0.25) is 0 Å². The van der Waals surface area contributed by atoms with Gasteiger partial charge in [-0.1, -0.05) is 6.07 Å². The number of halogens is 2. The third-order valence-corrected chi connectivity index (χ3v) is 9.76. The van der Waals surface area contributed by atoms with E-state index in [1.165, 1.54) is 34.0 Å². The molecule has 50 heavy (non-hydrogen) atoms. The monoisotopic (exact) mass is 686 g/mol. The zero-order valence-corrected chi connectivity index (χ0v) is 28.0. The molecule has 2 aliphatic heterocycles. The maximum atomic E-state index is 15.0. The SMILES string of the molecule is C[C@H](O)[C@@H](C)n1ncn(-c2ccc(N3CCN(c4ccc(OC[C@H]5CO[C@](Cn6cncn6)(c6ccc(F)cc6F)C5)cc4)CC3)cc2)c1=O. The average Bonchev–Trinajstić information content (AvgIpc) is 3.88. The third kappa shape index (κ3) is 6.85. The summed E-state index contributed by atoms with van der Waals surface area (Å²) in [4.78, 5) is 21.5. The van der Waals surface area contributed by atoms with E-state index in [-0.39, 0.29) is 18.2 Å². The molecule has 1 N–H and O–H groups in total. The molecule has 0 aliphatic carbocycles. The Hall–Kier alpha value is -5.08. The standard InChI is InChI=1S/C36H40F2N8O4/c1-25(26(2)47)46-35(48)45(24-41-46)31-6-4-29(5-7-31)42-13-15-43(16-14-42)30-8-10-32(11-9-30)49-19-27-18-36(50-20-27,21-44-23-39-22-40-44)33-12-3-28(37)17-34(33)38/h3-12,17,22-27,47H,13-16,18-21H2,1-2H3/t25-,26+,27+,36-/m1/s1. The molecule has 3 aromatic carbocycles. The number of rotatable bonds is 11. The summed E-state index contributed by atoms with van der Waals surface area (Å²) in [5.74, 6) is -0.564. The van der Waals surface area contributed by atoms with E-state index in [1.54, 1.807) is 24.9 Å². The molecule has 2 aliphatic rings. The highest BCUT2D eigenvalue weighted by Gasteiger charge is 2.44. The van der Waals surface area contributed by atoms with Gasteiger partial charge in [0.25, 0.3) is 0 Å². The summed E-state index contributed by atoms with van der Waals surface area (Å²) < 4.78 is 45.5. The fourth-order valence-corrected chi connectivity index (χ4v) is 6.78. The molecule has 0 radical (unpaired) electrons. The van der Waals surface area contributed by atoms with Crippen LogP contribution in [0.4, 0.5) is 20.2 Å². The molecule has 2 fully saturated rings. The molecule has 14 heteroatoms. The Morgan fingerprint density at radius 2 is 1.58 bits per heavy atom. The Bertz CT molecular complexity index is 1940. The summed E-state index contributed by atoms with van der Waals surface area (Å²) in [5, 5.41) is 18.2. The number of benzene rings is 3. The summed E-state index contributed by atoms with van der Waals surface area (Å²) in [6.45, 7) is 7.77. The lowest BCUT2D eigenvalue weighted by Gasteiger charge is -2.37. The van der Waals surface area contributed by atoms with E-state index in [9.17, 15) is 18.7 Å². The predicted octanol–water partition coefficient (Wildman–Crippen LogP) is 4.18. The lowest BCUT2D eigenvalue weighted by Crippen LogP contribution is -2.46. The first kappa shape index (κ1) is 33.4. The highest BCUT2D eigenvalue weighted by molar-refractivity contribution is 5.54. The number of ether oxygens (including phenoxy) is 2. The van der Waals surface area contributed by atoms with Crippen LogP contribution < -0.4 is 20.2 Å². The number of piperazine rings is 1. The molecule has 4 heterocycles. The minimum absolute atomic E-state index is 0.0118. The van der Waals surface area contributed by atoms with Gasteiger partial charge in [0.1, 0.15) is 42.0 Å². The van der Waals surface area contributed by atoms with Crippen molar-refractivity contribution in [2.45, 2.75) is 44.6 Å². The quantitative estimate of drug-likeness (QED) is 0.219. The Morgan fingerprint density at radius 3 is 2.20 bits per heavy atom. The van der Waals surface area contributed by atoms with E-state index in [0.29, 0.717) is 25.2 Å². The minimum Gasteiger partial charge on any atom is -0.493 e. The Morgan fingerprint density at radius 1 is 0.920 bits per heavy atom. The maximum absolute atomic E-state index is 15.0. The van der Waals surface area contributed by atoms with Crippen molar-refractivity contribution in [3.8, 4) is 11.4 Å². The molecule has 0 bridgehead atoms. The largest absolute Gasteiger partial charge is 0.493 e. The van der Waals surface area contributed by atoms with Gasteiger partial charge in [0.05, 0.1) is 37.6 Å². The Balaban J connectivity index is 0.924. The number of hydrogen-bond acceptors (Lipinski definition) is 9. The second kappa shape index (κ2) is 14.0. The molecule has 0 amide bonds. The van der Waals surface area contributed by atoms with Crippen molar-refractivity contribution < 1.29 is 23.4 Å². The molecule has 12 nitrogen and oxygen atoms in total. The molecule has 7 rings (SSSR count). The molecular weight excluding hydrogens is 646 g/mol. The summed E-state index contributed by atoms with van der Waals surface area (Å²) in [6.07, 6.45) is 4.25. The van der Waals surface area contributed by atoms with Gasteiger partial charge in [0.15, 0.2) is 0 Å². The van der Waals surface area contributed by atoms with Crippen molar-refractivity contribution in [2.24, 2.45) is 5.92 Å². The first-order valence-corrected chi connectivity index (χ1v) is 16.8. The smallest absolute Gasteiger partial charge is 0.350 e. The van der Waals surface area contributed by atoms with Gasteiger partial charge >= 0.3 is 5.69 Å². The third-order valence-electron chi connectivity index (χ3n) is 9.76. The number of hydrogen-bond donors (Lipinski definition) is 1. The second-order valence-electron chi connectivity index (χ2n) is 13.1. The van der Waals surface area contributed by atoms with Crippen molar-refractivity contribution >= 4 is 11.4 Å². The van der Waals surface area contributed by atoms with E-state index >= 15 is 0 Å². The fourth-order valence-electron chi connectivity index (χ4n) is 6.78. The maximum Gasteiger partial charge on any atom is 0.350 e. The lowest BCUT2D eigenvalue weighted by molar-refractivity contribution is -0.0206. The molecular formula is C36H40F2N8O4. The van der Waals surface area contributed by atoms with E-state index in [2.05, 4.69) is 37.1 Å². The Labute approximate surface area is 288 Å². The molecule has 5 aromatic rings. The number of aliphatic hydroxyl groups is 1. The topological polar surface area (TPSA) is 116 Å². The van der Waals surface area contributed by atoms with Gasteiger partial charge < -0.3 is 24.4 Å². The highest BCUT2D eigenvalue weighted by Crippen LogP contribution is 2.42. The van der Waals surface area contributed by atoms with Crippen LogP contribution in [0.15, 0.2) is 90.5 Å². The molecule has 0 spiro atoms. The number of nitrogens with zero attached hydrogens (tertiary/aromatic N) is 8. The number of aromatic nitrogens is 6. The van der Waals surface area contributed by atoms with Crippen LogP contribution >= 0.6 is 0 Å². The van der Waals surface area contributed by atoms with Gasteiger partial charge in [-0.25, -0.2) is 32.5 Å². The van der Waals surface area contributed by atoms with Crippen LogP contribution in [0.5, 0.6) is 5.75 Å². The molecule has 262 valence electrons. The highest BCUT2D eigenvalue weighted by atomic mass is 19.1. The first-order chi connectivity index (χ1) is 24.2. The summed E-state index contributed by atoms with van der Waals surface area (Å²) in [5.41, 5.74) is 1.90. The first-order valence-electron chi connectivity index (χ1n) is 16.8. The summed E-state index contributed by atoms with van der Waals surface area (Å²) >= 11 is 0. The van der Waals surface area contributed by atoms with Crippen LogP contribution in [-0.2, 0) is 16.9 Å². The summed E-state index contributed by atoms with van der Waals surface area (Å²) in [7, 11) is 0. The number of anilines is 2. The predicted molar refractivity (Wildman–Crippen MR) is 183 cm³/mol. The van der Waals surface area contributed by atoms with E-state index in [4.69, 9.17) is 9.47 Å². The summed E-state index contributed by atoms with van der Waals surface area (Å²) in [6, 6.07) is 19.1. The van der Waals surface area contributed by atoms with E-state index < -0.39 is 29.4 Å². The zero-order valence-electron chi connectivity index (χ0n) is 28.0. The van der Waals surface area contributed by atoms with Gasteiger partial charge in [-0.05, 0) is 74.9 Å². The molecule has 0 saturated carbocycles. The minimum atomic E-state index is -1.02. The van der Waals surface area contributed by atoms with Crippen LogP contribution in [0.1, 0.15) is 31.9 Å². The van der Waals surface area contributed by atoms with E-state index in [1.807, 2.05) is 36.4 Å². The van der Waals surface area contributed by atoms with Crippen LogP contribution in [0.3, 0.4) is 0 Å². The van der Waals surface area contributed by atoms with Crippen molar-refractivity contribution in [3.05, 3.63) is 113 Å². The van der Waals surface area contributed by atoms with Crippen molar-refractivity contribution in [3.63, 3.8) is 0 Å². The second-order valence-corrected chi connectivity index (χ2v) is 13.1. The van der Waals surface area contributed by atoms with Gasteiger partial charge in [-0.15, -0.1) is 0 Å². The van der Waals surface area contributed by atoms with Crippen LogP contribution in [0.2, 0.25) is 0 Å². The Kier molecular flexibility index (Phi) is 9.38. The molecule has 0 unspecified atom stereocenters.